The summed E-state index contributed by atoms with van der Waals surface area (Å²) in [5.74, 6) is 0.356. The average molecular weight is 565 g/mol. The fraction of sp³-hybridized carbons (Fsp3) is 0.278. The number of benzene rings is 1. The zero-order valence-corrected chi connectivity index (χ0v) is 19.5. The number of aliphatic hydroxyl groups is 1. The molecule has 0 aliphatic carbocycles. The van der Waals surface area contributed by atoms with E-state index in [1.807, 2.05) is 22.6 Å². The van der Waals surface area contributed by atoms with E-state index < -0.39 is 3.61 Å². The van der Waals surface area contributed by atoms with Gasteiger partial charge in [-0.1, -0.05) is 23.2 Å². The highest BCUT2D eigenvalue weighted by Crippen LogP contribution is 2.46. The van der Waals surface area contributed by atoms with Gasteiger partial charge in [0.2, 0.25) is 5.95 Å². The Morgan fingerprint density at radius 2 is 2.17 bits per heavy atom. The van der Waals surface area contributed by atoms with Crippen LogP contribution < -0.4 is 15.8 Å². The number of rotatable bonds is 4. The number of anilines is 1. The number of hydrogen-bond acceptors (Lipinski definition) is 7. The van der Waals surface area contributed by atoms with Crippen molar-refractivity contribution < 1.29 is 14.6 Å². The highest BCUT2D eigenvalue weighted by Gasteiger charge is 2.27. The van der Waals surface area contributed by atoms with Gasteiger partial charge in [-0.3, -0.25) is 4.79 Å². The highest BCUT2D eigenvalue weighted by molar-refractivity contribution is 14.1. The van der Waals surface area contributed by atoms with Gasteiger partial charge < -0.3 is 20.9 Å². The molecule has 1 aliphatic rings. The first kappa shape index (κ1) is 20.9. The topological polar surface area (TPSA) is 110 Å². The first-order valence-electron chi connectivity index (χ1n) is 8.54. The van der Waals surface area contributed by atoms with Crippen molar-refractivity contribution in [2.45, 2.75) is 17.0 Å². The lowest BCUT2D eigenvalue weighted by molar-refractivity contribution is 0.0919. The van der Waals surface area contributed by atoms with E-state index in [2.05, 4.69) is 15.3 Å². The summed E-state index contributed by atoms with van der Waals surface area (Å²) in [6.45, 7) is 2.21. The Balaban J connectivity index is 1.84. The maximum atomic E-state index is 12.5. The molecule has 11 heteroatoms. The number of alkyl halides is 1. The molecule has 2 aromatic heterocycles. The van der Waals surface area contributed by atoms with E-state index in [-0.39, 0.29) is 18.4 Å². The molecule has 1 atom stereocenters. The zero-order valence-electron chi connectivity index (χ0n) is 15.1. The van der Waals surface area contributed by atoms with Crippen LogP contribution in [0.2, 0.25) is 10.0 Å². The van der Waals surface area contributed by atoms with Crippen LogP contribution in [0.25, 0.3) is 21.5 Å². The molecule has 0 bridgehead atoms. The summed E-state index contributed by atoms with van der Waals surface area (Å²) in [5.41, 5.74) is 8.02. The summed E-state index contributed by atoms with van der Waals surface area (Å²) < 4.78 is 4.60. The van der Waals surface area contributed by atoms with Gasteiger partial charge in [0.25, 0.3) is 5.91 Å². The SMILES string of the molecule is CC(O)(I)CNC(=O)c1cc2c(-c3c(Cl)cc(Cl)c4c3CCO4)nc(N)nc2s1. The van der Waals surface area contributed by atoms with Gasteiger partial charge in [-0.2, -0.15) is 0 Å². The molecule has 0 radical (unpaired) electrons. The fourth-order valence-corrected chi connectivity index (χ4v) is 4.92. The Kier molecular flexibility index (Phi) is 5.53. The smallest absolute Gasteiger partial charge is 0.261 e. The molecule has 0 saturated heterocycles. The molecule has 3 heterocycles. The minimum Gasteiger partial charge on any atom is -0.491 e. The Morgan fingerprint density at radius 1 is 1.41 bits per heavy atom. The number of aromatic nitrogens is 2. The summed E-state index contributed by atoms with van der Waals surface area (Å²) >= 11 is 15.8. The van der Waals surface area contributed by atoms with Crippen LogP contribution in [-0.2, 0) is 6.42 Å². The first-order valence-corrected chi connectivity index (χ1v) is 11.2. The highest BCUT2D eigenvalue weighted by atomic mass is 127. The van der Waals surface area contributed by atoms with Gasteiger partial charge in [-0.05, 0) is 41.6 Å². The van der Waals surface area contributed by atoms with Crippen LogP contribution in [-0.4, -0.2) is 37.7 Å². The number of ether oxygens (including phenoxy) is 1. The normalized spacial score (nSPS) is 15.1. The zero-order chi connectivity index (χ0) is 20.9. The minimum atomic E-state index is -1.04. The number of nitrogens with two attached hydrogens (primary N) is 1. The third-order valence-corrected chi connectivity index (χ3v) is 6.31. The molecule has 4 rings (SSSR count). The number of thiophene rings is 1. The van der Waals surface area contributed by atoms with E-state index >= 15 is 0 Å². The van der Waals surface area contributed by atoms with Crippen LogP contribution in [0.1, 0.15) is 22.2 Å². The molecule has 1 amide bonds. The Hall–Kier alpha value is -1.40. The number of carbonyl (C=O) groups excluding carboxylic acids is 1. The summed E-state index contributed by atoms with van der Waals surface area (Å²) in [6.07, 6.45) is 0.637. The molecule has 0 saturated carbocycles. The lowest BCUT2D eigenvalue weighted by Gasteiger charge is -2.15. The lowest BCUT2D eigenvalue weighted by Crippen LogP contribution is -2.35. The molecule has 0 spiro atoms. The number of carbonyl (C=O) groups is 1. The van der Waals surface area contributed by atoms with E-state index in [0.29, 0.717) is 55.2 Å². The third-order valence-electron chi connectivity index (χ3n) is 4.33. The van der Waals surface area contributed by atoms with Crippen LogP contribution >= 0.6 is 57.1 Å². The van der Waals surface area contributed by atoms with Gasteiger partial charge in [0.1, 0.15) is 14.2 Å². The standard InChI is InChI=1S/C18H15Cl2IN4O3S/c1-18(21,27)6-23-15(26)11-4-8-13(24-17(22)25-16(8)29-11)12-7-2-3-28-14(7)10(20)5-9(12)19/h4-5,27H,2-3,6H2,1H3,(H,23,26)(H2,22,24,25). The van der Waals surface area contributed by atoms with Crippen LogP contribution in [0.15, 0.2) is 12.1 Å². The van der Waals surface area contributed by atoms with Crippen LogP contribution in [0.4, 0.5) is 5.95 Å². The number of nitrogens with zero attached hydrogens (tertiary/aromatic N) is 2. The average Bonchev–Trinajstić information content (AvgIpc) is 3.26. The maximum Gasteiger partial charge on any atom is 0.261 e. The number of halogens is 3. The largest absolute Gasteiger partial charge is 0.491 e. The van der Waals surface area contributed by atoms with E-state index in [1.165, 1.54) is 11.3 Å². The van der Waals surface area contributed by atoms with Crippen molar-refractivity contribution in [3.63, 3.8) is 0 Å². The van der Waals surface area contributed by atoms with Gasteiger partial charge in [-0.25, -0.2) is 9.97 Å². The minimum absolute atomic E-state index is 0.0789. The van der Waals surface area contributed by atoms with Gasteiger partial charge in [-0.15, -0.1) is 11.3 Å². The summed E-state index contributed by atoms with van der Waals surface area (Å²) in [5, 5.41) is 14.1. The summed E-state index contributed by atoms with van der Waals surface area (Å²) in [6, 6.07) is 3.33. The molecule has 1 aliphatic heterocycles. The lowest BCUT2D eigenvalue weighted by atomic mass is 10.00. The van der Waals surface area contributed by atoms with Crippen LogP contribution in [0.5, 0.6) is 5.75 Å². The van der Waals surface area contributed by atoms with Crippen molar-refractivity contribution in [2.24, 2.45) is 0 Å². The fourth-order valence-electron chi connectivity index (χ4n) is 3.13. The van der Waals surface area contributed by atoms with Gasteiger partial charge in [0.05, 0.1) is 33.8 Å². The second-order valence-corrected chi connectivity index (χ2v) is 10.9. The Labute approximate surface area is 193 Å². The molecule has 152 valence electrons. The van der Waals surface area contributed by atoms with Crippen molar-refractivity contribution in [1.29, 1.82) is 0 Å². The first-order chi connectivity index (χ1) is 13.6. The molecular formula is C18H15Cl2IN4O3S. The maximum absolute atomic E-state index is 12.5. The molecule has 7 nitrogen and oxygen atoms in total. The number of amides is 1. The van der Waals surface area contributed by atoms with E-state index in [1.54, 1.807) is 19.1 Å². The molecule has 1 aromatic carbocycles. The quantitative estimate of drug-likeness (QED) is 0.326. The number of nitrogens with one attached hydrogen (secondary N) is 1. The van der Waals surface area contributed by atoms with Crippen molar-refractivity contribution in [1.82, 2.24) is 15.3 Å². The number of hydrogen-bond donors (Lipinski definition) is 3. The monoisotopic (exact) mass is 564 g/mol. The predicted molar refractivity (Wildman–Crippen MR) is 123 cm³/mol. The Bertz CT molecular complexity index is 1150. The van der Waals surface area contributed by atoms with Crippen molar-refractivity contribution in [3.05, 3.63) is 32.6 Å². The second-order valence-electron chi connectivity index (χ2n) is 6.71. The predicted octanol–water partition coefficient (Wildman–Crippen LogP) is 4.06. The van der Waals surface area contributed by atoms with Gasteiger partial charge in [0, 0.05) is 22.9 Å². The third kappa shape index (κ3) is 4.11. The van der Waals surface area contributed by atoms with Crippen molar-refractivity contribution in [2.75, 3.05) is 18.9 Å². The molecule has 0 fully saturated rings. The second kappa shape index (κ2) is 7.69. The van der Waals surface area contributed by atoms with E-state index in [4.69, 9.17) is 33.7 Å². The number of nitrogen functional groups attached to an aromatic ring is 1. The van der Waals surface area contributed by atoms with Crippen molar-refractivity contribution >= 4 is 79.2 Å². The van der Waals surface area contributed by atoms with Gasteiger partial charge >= 0.3 is 0 Å². The van der Waals surface area contributed by atoms with E-state index in [9.17, 15) is 9.90 Å². The molecule has 1 unspecified atom stereocenters. The molecule has 3 aromatic rings. The van der Waals surface area contributed by atoms with Gasteiger partial charge in [0.15, 0.2) is 0 Å². The van der Waals surface area contributed by atoms with E-state index in [0.717, 1.165) is 5.56 Å². The molecule has 29 heavy (non-hydrogen) atoms. The van der Waals surface area contributed by atoms with Crippen LogP contribution in [0.3, 0.4) is 0 Å². The van der Waals surface area contributed by atoms with Crippen LogP contribution in [0, 0.1) is 0 Å². The Morgan fingerprint density at radius 3 is 2.90 bits per heavy atom. The van der Waals surface area contributed by atoms with Crippen molar-refractivity contribution in [3.8, 4) is 17.0 Å². The number of fused-ring (bicyclic) bond motifs is 2. The molecule has 4 N–H and O–H groups in total. The molecular weight excluding hydrogens is 550 g/mol. The summed E-state index contributed by atoms with van der Waals surface area (Å²) in [7, 11) is 0. The summed E-state index contributed by atoms with van der Waals surface area (Å²) in [4.78, 5) is 22.2.